The van der Waals surface area contributed by atoms with E-state index in [1.807, 2.05) is 0 Å². The molecule has 1 unspecified atom stereocenters. The number of nitrogens with one attached hydrogen (secondary N) is 2. The number of halogens is 1. The van der Waals surface area contributed by atoms with E-state index in [0.717, 1.165) is 4.90 Å². The molecule has 2 aromatic rings. The maximum Gasteiger partial charge on any atom is 0.340 e. The van der Waals surface area contributed by atoms with Gasteiger partial charge in [0, 0.05) is 10.7 Å². The summed E-state index contributed by atoms with van der Waals surface area (Å²) in [6.07, 6.45) is 0. The molecular weight excluding hydrogens is 410 g/mol. The van der Waals surface area contributed by atoms with Crippen molar-refractivity contribution in [2.75, 3.05) is 13.2 Å². The number of amides is 3. The molecule has 1 atom stereocenters. The van der Waals surface area contributed by atoms with Crippen molar-refractivity contribution in [3.8, 4) is 0 Å². The van der Waals surface area contributed by atoms with Crippen LogP contribution in [0, 0.1) is 13.8 Å². The van der Waals surface area contributed by atoms with Crippen LogP contribution in [-0.4, -0.2) is 46.7 Å². The van der Waals surface area contributed by atoms with Crippen LogP contribution in [0.3, 0.4) is 0 Å². The predicted molar refractivity (Wildman–Crippen MR) is 110 cm³/mol. The monoisotopic (exact) mass is 431 g/mol. The van der Waals surface area contributed by atoms with Gasteiger partial charge < -0.3 is 15.0 Å². The highest BCUT2D eigenvalue weighted by Gasteiger charge is 2.49. The van der Waals surface area contributed by atoms with Gasteiger partial charge in [0.1, 0.15) is 5.54 Å². The molecule has 2 N–H and O–H groups in total. The molecule has 0 radical (unpaired) electrons. The van der Waals surface area contributed by atoms with Gasteiger partial charge >= 0.3 is 12.0 Å². The van der Waals surface area contributed by atoms with Crippen LogP contribution < -0.4 is 5.32 Å². The normalized spacial score (nSPS) is 18.5. The minimum atomic E-state index is -1.31. The largest absolute Gasteiger partial charge is 0.462 e. The summed E-state index contributed by atoms with van der Waals surface area (Å²) in [6, 6.07) is 5.87. The van der Waals surface area contributed by atoms with Gasteiger partial charge in [-0.25, -0.2) is 9.59 Å². The first-order valence-electron chi connectivity index (χ1n) is 9.39. The molecule has 158 valence electrons. The van der Waals surface area contributed by atoms with Crippen LogP contribution in [-0.2, 0) is 15.1 Å². The molecule has 1 aliphatic rings. The molecule has 0 saturated carbocycles. The van der Waals surface area contributed by atoms with Crippen LogP contribution >= 0.6 is 11.6 Å². The predicted octanol–water partition coefficient (Wildman–Crippen LogP) is 3.11. The fourth-order valence-electron chi connectivity index (χ4n) is 3.58. The van der Waals surface area contributed by atoms with E-state index in [0.29, 0.717) is 21.8 Å². The molecule has 30 heavy (non-hydrogen) atoms. The molecule has 0 aliphatic carbocycles. The molecule has 2 heterocycles. The van der Waals surface area contributed by atoms with E-state index >= 15 is 0 Å². The number of ether oxygens (including phenoxy) is 1. The molecule has 1 aromatic heterocycles. The molecule has 9 heteroatoms. The Balaban J connectivity index is 1.85. The first-order valence-corrected chi connectivity index (χ1v) is 9.77. The Morgan fingerprint density at radius 2 is 1.80 bits per heavy atom. The summed E-state index contributed by atoms with van der Waals surface area (Å²) in [5.74, 6) is -1.57. The fourth-order valence-corrected chi connectivity index (χ4v) is 3.71. The summed E-state index contributed by atoms with van der Waals surface area (Å²) in [7, 11) is 0. The highest BCUT2D eigenvalue weighted by atomic mass is 35.5. The SMILES string of the molecule is CCOC(=O)c1c(C)[nH]c(C(=O)CN2C(=O)NC(C)(c3ccc(Cl)cc3)C2=O)c1C. The highest BCUT2D eigenvalue weighted by molar-refractivity contribution is 6.30. The van der Waals surface area contributed by atoms with E-state index in [-0.39, 0.29) is 17.9 Å². The molecule has 1 aromatic carbocycles. The first-order chi connectivity index (χ1) is 14.1. The molecular formula is C21H22ClN3O5. The summed E-state index contributed by atoms with van der Waals surface area (Å²) in [5.41, 5.74) is 0.593. The maximum absolute atomic E-state index is 13.0. The number of benzene rings is 1. The quantitative estimate of drug-likeness (QED) is 0.415. The molecule has 1 aliphatic heterocycles. The Morgan fingerprint density at radius 1 is 1.17 bits per heavy atom. The number of urea groups is 1. The van der Waals surface area contributed by atoms with Gasteiger partial charge in [-0.15, -0.1) is 0 Å². The number of carbonyl (C=O) groups excluding carboxylic acids is 4. The summed E-state index contributed by atoms with van der Waals surface area (Å²) in [6.45, 7) is 6.28. The van der Waals surface area contributed by atoms with Gasteiger partial charge in [0.25, 0.3) is 5.91 Å². The number of aromatic amines is 1. The van der Waals surface area contributed by atoms with Crippen molar-refractivity contribution in [2.24, 2.45) is 0 Å². The second kappa shape index (κ2) is 7.95. The van der Waals surface area contributed by atoms with E-state index in [4.69, 9.17) is 16.3 Å². The van der Waals surface area contributed by atoms with Crippen LogP contribution in [0.4, 0.5) is 4.79 Å². The number of nitrogens with zero attached hydrogens (tertiary/aromatic N) is 1. The summed E-state index contributed by atoms with van der Waals surface area (Å²) >= 11 is 5.90. The number of Topliss-reactive ketones (excluding diaryl/α,β-unsaturated/α-hetero) is 1. The maximum atomic E-state index is 13.0. The number of hydrogen-bond acceptors (Lipinski definition) is 5. The lowest BCUT2D eigenvalue weighted by molar-refractivity contribution is -0.130. The van der Waals surface area contributed by atoms with Gasteiger partial charge in [-0.3, -0.25) is 14.5 Å². The van der Waals surface area contributed by atoms with Crippen molar-refractivity contribution < 1.29 is 23.9 Å². The molecule has 0 bridgehead atoms. The molecule has 1 saturated heterocycles. The van der Waals surface area contributed by atoms with Crippen molar-refractivity contribution >= 4 is 35.3 Å². The van der Waals surface area contributed by atoms with Crippen LogP contribution in [0.15, 0.2) is 24.3 Å². The van der Waals surface area contributed by atoms with Gasteiger partial charge in [-0.05, 0) is 51.0 Å². The number of carbonyl (C=O) groups is 4. The lowest BCUT2D eigenvalue weighted by Crippen LogP contribution is -2.41. The first kappa shape index (κ1) is 21.6. The van der Waals surface area contributed by atoms with E-state index in [2.05, 4.69) is 10.3 Å². The smallest absolute Gasteiger partial charge is 0.340 e. The second-order valence-corrected chi connectivity index (χ2v) is 7.66. The summed E-state index contributed by atoms with van der Waals surface area (Å²) < 4.78 is 5.03. The Labute approximate surface area is 178 Å². The van der Waals surface area contributed by atoms with Crippen molar-refractivity contribution in [2.45, 2.75) is 33.2 Å². The Morgan fingerprint density at radius 3 is 2.40 bits per heavy atom. The number of aromatic nitrogens is 1. The second-order valence-electron chi connectivity index (χ2n) is 7.22. The van der Waals surface area contributed by atoms with Crippen LogP contribution in [0.5, 0.6) is 0 Å². The van der Waals surface area contributed by atoms with Crippen molar-refractivity contribution in [3.05, 3.63) is 57.4 Å². The van der Waals surface area contributed by atoms with Gasteiger partial charge in [0.05, 0.1) is 24.4 Å². The Hall–Kier alpha value is -3.13. The average molecular weight is 432 g/mol. The zero-order valence-electron chi connectivity index (χ0n) is 17.1. The van der Waals surface area contributed by atoms with Crippen molar-refractivity contribution in [1.82, 2.24) is 15.2 Å². The number of rotatable bonds is 6. The number of H-pyrrole nitrogens is 1. The van der Waals surface area contributed by atoms with E-state index in [1.54, 1.807) is 52.0 Å². The topological polar surface area (TPSA) is 109 Å². The number of imide groups is 1. The molecule has 1 fully saturated rings. The van der Waals surface area contributed by atoms with Crippen LogP contribution in [0.2, 0.25) is 5.02 Å². The summed E-state index contributed by atoms with van der Waals surface area (Å²) in [4.78, 5) is 54.3. The van der Waals surface area contributed by atoms with Gasteiger partial charge in [-0.2, -0.15) is 0 Å². The molecule has 0 spiro atoms. The third kappa shape index (κ3) is 3.59. The lowest BCUT2D eigenvalue weighted by atomic mass is 9.92. The highest BCUT2D eigenvalue weighted by Crippen LogP contribution is 2.30. The average Bonchev–Trinajstić information content (AvgIpc) is 3.10. The van der Waals surface area contributed by atoms with Crippen LogP contribution in [0.25, 0.3) is 0 Å². The zero-order chi connectivity index (χ0) is 22.2. The Bertz CT molecular complexity index is 1040. The van der Waals surface area contributed by atoms with Crippen molar-refractivity contribution in [1.29, 1.82) is 0 Å². The molecule has 3 rings (SSSR count). The van der Waals surface area contributed by atoms with E-state index in [1.165, 1.54) is 0 Å². The summed E-state index contributed by atoms with van der Waals surface area (Å²) in [5, 5.41) is 3.15. The third-order valence-electron chi connectivity index (χ3n) is 5.19. The lowest BCUT2D eigenvalue weighted by Gasteiger charge is -2.22. The third-order valence-corrected chi connectivity index (χ3v) is 5.45. The fraction of sp³-hybridized carbons (Fsp3) is 0.333. The van der Waals surface area contributed by atoms with E-state index in [9.17, 15) is 19.2 Å². The van der Waals surface area contributed by atoms with Crippen molar-refractivity contribution in [3.63, 3.8) is 0 Å². The minimum Gasteiger partial charge on any atom is -0.462 e. The van der Waals surface area contributed by atoms with Crippen LogP contribution in [0.1, 0.15) is 51.5 Å². The molecule has 3 amide bonds. The van der Waals surface area contributed by atoms with Gasteiger partial charge in [0.15, 0.2) is 5.78 Å². The Kier molecular flexibility index (Phi) is 5.72. The van der Waals surface area contributed by atoms with Gasteiger partial charge in [0.2, 0.25) is 0 Å². The van der Waals surface area contributed by atoms with Gasteiger partial charge in [-0.1, -0.05) is 23.7 Å². The number of esters is 1. The molecule has 8 nitrogen and oxygen atoms in total. The standard InChI is InChI=1S/C21H22ClN3O5/c1-5-30-18(27)16-11(2)17(23-12(16)3)15(26)10-25-19(28)21(4,24-20(25)29)13-6-8-14(22)9-7-13/h6-9,23H,5,10H2,1-4H3,(H,24,29). The zero-order valence-corrected chi connectivity index (χ0v) is 17.8. The number of aryl methyl sites for hydroxylation is 1. The number of hydrogen-bond donors (Lipinski definition) is 2. The number of ketones is 1. The van der Waals surface area contributed by atoms with E-state index < -0.39 is 35.8 Å². The minimum absolute atomic E-state index is 0.163.